The number of hydrogen-bond acceptors (Lipinski definition) is 10. The van der Waals surface area contributed by atoms with Crippen LogP contribution >= 0.6 is 11.6 Å². The van der Waals surface area contributed by atoms with Gasteiger partial charge in [0.05, 0.1) is 22.1 Å². The normalized spacial score (nSPS) is 15.8. The third-order valence-electron chi connectivity index (χ3n) is 6.62. The molecule has 1 aliphatic heterocycles. The molecule has 4 rings (SSSR count). The van der Waals surface area contributed by atoms with Gasteiger partial charge in [0.2, 0.25) is 10.0 Å². The van der Waals surface area contributed by atoms with Crippen molar-refractivity contribution >= 4 is 39.2 Å². The molecule has 13 nitrogen and oxygen atoms in total. The topological polar surface area (TPSA) is 162 Å². The van der Waals surface area contributed by atoms with E-state index in [0.29, 0.717) is 5.56 Å². The smallest absolute Gasteiger partial charge is 0.342 e. The highest BCUT2D eigenvalue weighted by atomic mass is 35.5. The fraction of sp³-hybridized carbons (Fsp3) is 0.333. The minimum absolute atomic E-state index is 0.0278. The number of esters is 1. The lowest BCUT2D eigenvalue weighted by Gasteiger charge is -2.38. The molecule has 1 amide bonds. The number of aromatic nitrogens is 2. The second kappa shape index (κ2) is 12.9. The van der Waals surface area contributed by atoms with E-state index in [-0.39, 0.29) is 65.5 Å². The van der Waals surface area contributed by atoms with Gasteiger partial charge in [0.25, 0.3) is 11.6 Å². The molecule has 0 spiro atoms. The van der Waals surface area contributed by atoms with E-state index in [0.717, 1.165) is 12.1 Å². The molecule has 1 aromatic heterocycles. The number of benzene rings is 2. The Labute approximate surface area is 247 Å². The number of nitrogens with zero attached hydrogens (tertiary/aromatic N) is 5. The fourth-order valence-corrected chi connectivity index (χ4v) is 6.36. The van der Waals surface area contributed by atoms with Crippen molar-refractivity contribution in [1.29, 1.82) is 0 Å². The van der Waals surface area contributed by atoms with E-state index < -0.39 is 38.6 Å². The van der Waals surface area contributed by atoms with Crippen LogP contribution in [-0.4, -0.2) is 90.4 Å². The number of ether oxygens (including phenoxy) is 2. The minimum atomic E-state index is -4.16. The molecule has 2 aromatic carbocycles. The number of halogens is 1. The number of nitro groups is 1. The SMILES string of the molecule is COCCOC(=O)c1c(C)nc(-c2ccccc2)nc1C(=O)N1CCN(S(=O)(=O)c2ccc(Cl)c([N+](=O)[O-])c2)C(C)C1. The first-order valence-corrected chi connectivity index (χ1v) is 14.6. The maximum Gasteiger partial charge on any atom is 0.342 e. The summed E-state index contributed by atoms with van der Waals surface area (Å²) >= 11 is 5.86. The van der Waals surface area contributed by atoms with Crippen LogP contribution in [0.5, 0.6) is 0 Å². The van der Waals surface area contributed by atoms with E-state index >= 15 is 0 Å². The number of sulfonamides is 1. The van der Waals surface area contributed by atoms with Crippen molar-refractivity contribution in [3.8, 4) is 11.4 Å². The first-order valence-electron chi connectivity index (χ1n) is 12.8. The summed E-state index contributed by atoms with van der Waals surface area (Å²) in [6, 6.07) is 11.5. The standard InChI is InChI=1S/C27H28ClN5O8S/c1-17-16-31(11-12-32(17)42(38,39)20-9-10-21(28)22(15-20)33(36)37)26(34)24-23(27(35)41-14-13-40-3)18(2)29-25(30-24)19-7-5-4-6-8-19/h4-10,15,17H,11-14,16H2,1-3H3. The molecule has 0 bridgehead atoms. The third-order valence-corrected chi connectivity index (χ3v) is 8.95. The average molecular weight is 618 g/mol. The van der Waals surface area contributed by atoms with Crippen molar-refractivity contribution in [2.75, 3.05) is 40.0 Å². The number of hydrogen-bond donors (Lipinski definition) is 0. The Kier molecular flexibility index (Phi) is 9.51. The molecule has 0 saturated carbocycles. The Bertz CT molecular complexity index is 1620. The molecule has 1 atom stereocenters. The summed E-state index contributed by atoms with van der Waals surface area (Å²) in [5, 5.41) is 11.1. The van der Waals surface area contributed by atoms with Gasteiger partial charge in [0, 0.05) is 44.4 Å². The zero-order valence-electron chi connectivity index (χ0n) is 23.0. The molecule has 3 aromatic rings. The van der Waals surface area contributed by atoms with E-state index in [2.05, 4.69) is 9.97 Å². The molecule has 0 aliphatic carbocycles. The maximum absolute atomic E-state index is 13.9. The lowest BCUT2D eigenvalue weighted by Crippen LogP contribution is -2.55. The van der Waals surface area contributed by atoms with Crippen LogP contribution < -0.4 is 0 Å². The van der Waals surface area contributed by atoms with Crippen LogP contribution in [0.15, 0.2) is 53.4 Å². The Morgan fingerprint density at radius 2 is 1.83 bits per heavy atom. The number of methoxy groups -OCH3 is 1. The number of rotatable bonds is 9. The molecule has 1 fully saturated rings. The number of carbonyl (C=O) groups excluding carboxylic acids is 2. The molecule has 222 valence electrons. The van der Waals surface area contributed by atoms with Gasteiger partial charge in [-0.15, -0.1) is 0 Å². The Balaban J connectivity index is 1.64. The number of aryl methyl sites for hydroxylation is 1. The van der Waals surface area contributed by atoms with Gasteiger partial charge in [0.1, 0.15) is 22.9 Å². The first-order chi connectivity index (χ1) is 19.9. The van der Waals surface area contributed by atoms with Crippen molar-refractivity contribution in [3.05, 3.63) is 80.6 Å². The highest BCUT2D eigenvalue weighted by molar-refractivity contribution is 7.89. The van der Waals surface area contributed by atoms with E-state index in [1.165, 1.54) is 22.4 Å². The van der Waals surface area contributed by atoms with Crippen LogP contribution in [0.3, 0.4) is 0 Å². The predicted molar refractivity (Wildman–Crippen MR) is 152 cm³/mol. The summed E-state index contributed by atoms with van der Waals surface area (Å²) in [4.78, 5) is 47.5. The second-order valence-corrected chi connectivity index (χ2v) is 11.7. The van der Waals surface area contributed by atoms with Gasteiger partial charge in [-0.1, -0.05) is 41.9 Å². The number of piperazine rings is 1. The van der Waals surface area contributed by atoms with Crippen LogP contribution in [0.2, 0.25) is 5.02 Å². The molecule has 1 saturated heterocycles. The fourth-order valence-electron chi connectivity index (χ4n) is 4.54. The average Bonchev–Trinajstić information content (AvgIpc) is 2.96. The molecular weight excluding hydrogens is 590 g/mol. The van der Waals surface area contributed by atoms with Gasteiger partial charge in [-0.25, -0.2) is 23.2 Å². The van der Waals surface area contributed by atoms with Gasteiger partial charge in [-0.2, -0.15) is 4.31 Å². The lowest BCUT2D eigenvalue weighted by molar-refractivity contribution is -0.384. The van der Waals surface area contributed by atoms with Crippen LogP contribution in [0.4, 0.5) is 5.69 Å². The van der Waals surface area contributed by atoms with Crippen molar-refractivity contribution in [2.45, 2.75) is 24.8 Å². The predicted octanol–water partition coefficient (Wildman–Crippen LogP) is 3.35. The monoisotopic (exact) mass is 617 g/mol. The summed E-state index contributed by atoms with van der Waals surface area (Å²) < 4.78 is 38.2. The largest absolute Gasteiger partial charge is 0.460 e. The molecule has 42 heavy (non-hydrogen) atoms. The van der Waals surface area contributed by atoms with Crippen molar-refractivity contribution in [3.63, 3.8) is 0 Å². The maximum atomic E-state index is 13.9. The van der Waals surface area contributed by atoms with E-state index in [1.807, 2.05) is 6.07 Å². The van der Waals surface area contributed by atoms with Crippen LogP contribution in [0, 0.1) is 17.0 Å². The van der Waals surface area contributed by atoms with E-state index in [4.69, 9.17) is 21.1 Å². The van der Waals surface area contributed by atoms with Gasteiger partial charge in [0.15, 0.2) is 5.82 Å². The quantitative estimate of drug-likeness (QED) is 0.151. The summed E-state index contributed by atoms with van der Waals surface area (Å²) in [5.41, 5.74) is 0.0912. The Hall–Kier alpha value is -3.98. The summed E-state index contributed by atoms with van der Waals surface area (Å²) in [5.74, 6) is -1.14. The number of carbonyl (C=O) groups is 2. The lowest BCUT2D eigenvalue weighted by atomic mass is 10.1. The molecule has 0 radical (unpaired) electrons. The first kappa shape index (κ1) is 31.0. The zero-order valence-corrected chi connectivity index (χ0v) is 24.6. The molecular formula is C27H28ClN5O8S. The van der Waals surface area contributed by atoms with Crippen LogP contribution in [0.25, 0.3) is 11.4 Å². The summed E-state index contributed by atoms with van der Waals surface area (Å²) in [7, 11) is -2.70. The molecule has 15 heteroatoms. The van der Waals surface area contributed by atoms with Crippen molar-refractivity contribution in [2.24, 2.45) is 0 Å². The summed E-state index contributed by atoms with van der Waals surface area (Å²) in [6.07, 6.45) is 0. The van der Waals surface area contributed by atoms with E-state index in [9.17, 15) is 28.1 Å². The third kappa shape index (κ3) is 6.41. The molecule has 2 heterocycles. The van der Waals surface area contributed by atoms with Crippen LogP contribution in [0.1, 0.15) is 33.5 Å². The molecule has 1 aliphatic rings. The van der Waals surface area contributed by atoms with Crippen molar-refractivity contribution in [1.82, 2.24) is 19.2 Å². The van der Waals surface area contributed by atoms with Gasteiger partial charge in [-0.05, 0) is 26.0 Å². The van der Waals surface area contributed by atoms with Gasteiger partial charge in [-0.3, -0.25) is 14.9 Å². The highest BCUT2D eigenvalue weighted by Crippen LogP contribution is 2.30. The second-order valence-electron chi connectivity index (χ2n) is 9.44. The minimum Gasteiger partial charge on any atom is -0.460 e. The van der Waals surface area contributed by atoms with E-state index in [1.54, 1.807) is 38.1 Å². The van der Waals surface area contributed by atoms with Gasteiger partial charge >= 0.3 is 5.97 Å². The highest BCUT2D eigenvalue weighted by Gasteiger charge is 2.38. The van der Waals surface area contributed by atoms with Gasteiger partial charge < -0.3 is 14.4 Å². The summed E-state index contributed by atoms with van der Waals surface area (Å²) in [6.45, 7) is 3.14. The Morgan fingerprint density at radius 1 is 1.12 bits per heavy atom. The molecule has 0 N–H and O–H groups in total. The zero-order chi connectivity index (χ0) is 30.6. The van der Waals surface area contributed by atoms with Crippen LogP contribution in [-0.2, 0) is 19.5 Å². The Morgan fingerprint density at radius 3 is 2.48 bits per heavy atom. The number of amides is 1. The molecule has 1 unspecified atom stereocenters. The number of nitro benzene ring substituents is 1. The van der Waals surface area contributed by atoms with Crippen molar-refractivity contribution < 1.29 is 32.4 Å².